The van der Waals surface area contributed by atoms with E-state index >= 15 is 0 Å². The van der Waals surface area contributed by atoms with Crippen molar-refractivity contribution in [1.82, 2.24) is 0 Å². The van der Waals surface area contributed by atoms with Gasteiger partial charge in [-0.2, -0.15) is 0 Å². The van der Waals surface area contributed by atoms with Gasteiger partial charge in [-0.05, 0) is 0 Å². The average Bonchev–Trinajstić information content (AvgIpc) is 2.21. The highest BCUT2D eigenvalue weighted by atomic mass is 16.6. The highest BCUT2D eigenvalue weighted by Gasteiger charge is 2.26. The van der Waals surface area contributed by atoms with Gasteiger partial charge in [0.1, 0.15) is 13.2 Å². The topological polar surface area (TPSA) is 72.8 Å². The Morgan fingerprint density at radius 1 is 1.14 bits per heavy atom. The minimum Gasteiger partial charge on any atom is -0.459 e. The third-order valence-electron chi connectivity index (χ3n) is 1.13. The number of carbonyl (C=O) groups is 2. The third kappa shape index (κ3) is 4.42. The molecule has 0 radical (unpaired) electrons. The fourth-order valence-corrected chi connectivity index (χ4v) is 0.536. The van der Waals surface area contributed by atoms with Crippen LogP contribution in [0.5, 0.6) is 0 Å². The molecular weight excluding hydrogens is 188 g/mol. The standard InChI is InChI=1S/C9H12O5/c1-3-5-13-8(11)7(10)9(12)14-6-4-2/h3-4,7,10H,1-2,5-6H2. The van der Waals surface area contributed by atoms with Crippen molar-refractivity contribution in [2.75, 3.05) is 13.2 Å². The van der Waals surface area contributed by atoms with E-state index in [1.807, 2.05) is 0 Å². The zero-order valence-corrected chi connectivity index (χ0v) is 7.64. The van der Waals surface area contributed by atoms with Crippen molar-refractivity contribution in [3.8, 4) is 0 Å². The number of hydrogen-bond donors (Lipinski definition) is 1. The predicted molar refractivity (Wildman–Crippen MR) is 48.3 cm³/mol. The normalized spacial score (nSPS) is 9.29. The van der Waals surface area contributed by atoms with Gasteiger partial charge in [0.25, 0.3) is 0 Å². The Hall–Kier alpha value is -1.62. The van der Waals surface area contributed by atoms with Crippen LogP contribution in [0.1, 0.15) is 0 Å². The number of esters is 2. The summed E-state index contributed by atoms with van der Waals surface area (Å²) < 4.78 is 8.84. The number of hydrogen-bond acceptors (Lipinski definition) is 5. The van der Waals surface area contributed by atoms with Gasteiger partial charge in [0.2, 0.25) is 6.10 Å². The molecule has 0 saturated carbocycles. The Morgan fingerprint density at radius 2 is 1.50 bits per heavy atom. The molecule has 0 unspecified atom stereocenters. The van der Waals surface area contributed by atoms with E-state index in [1.165, 1.54) is 12.2 Å². The minimum absolute atomic E-state index is 0.0648. The number of rotatable bonds is 6. The minimum atomic E-state index is -1.91. The molecule has 0 rings (SSSR count). The first-order chi connectivity index (χ1) is 6.63. The lowest BCUT2D eigenvalue weighted by atomic mass is 10.4. The SMILES string of the molecule is C=CCOC(=O)C(O)C(=O)OCC=C. The number of ether oxygens (including phenoxy) is 2. The lowest BCUT2D eigenvalue weighted by Gasteiger charge is -2.08. The molecule has 1 N–H and O–H groups in total. The van der Waals surface area contributed by atoms with Crippen LogP contribution in [0.15, 0.2) is 25.3 Å². The molecule has 0 atom stereocenters. The van der Waals surface area contributed by atoms with Crippen LogP contribution in [0.4, 0.5) is 0 Å². The summed E-state index contributed by atoms with van der Waals surface area (Å²) in [5, 5.41) is 9.02. The molecule has 0 spiro atoms. The molecule has 0 fully saturated rings. The molecule has 78 valence electrons. The maximum atomic E-state index is 10.9. The van der Waals surface area contributed by atoms with Crippen LogP contribution < -0.4 is 0 Å². The second-order valence-corrected chi connectivity index (χ2v) is 2.24. The van der Waals surface area contributed by atoms with E-state index in [2.05, 4.69) is 22.6 Å². The van der Waals surface area contributed by atoms with Crippen LogP contribution in [-0.4, -0.2) is 36.4 Å². The van der Waals surface area contributed by atoms with Crippen molar-refractivity contribution in [3.05, 3.63) is 25.3 Å². The summed E-state index contributed by atoms with van der Waals surface area (Å²) >= 11 is 0. The molecule has 0 aliphatic rings. The molecule has 5 heteroatoms. The van der Waals surface area contributed by atoms with E-state index in [0.29, 0.717) is 0 Å². The zero-order valence-electron chi connectivity index (χ0n) is 7.64. The summed E-state index contributed by atoms with van der Waals surface area (Å²) in [6.07, 6.45) is 0.731. The van der Waals surface area contributed by atoms with E-state index in [1.54, 1.807) is 0 Å². The van der Waals surface area contributed by atoms with Crippen LogP contribution in [0, 0.1) is 0 Å². The van der Waals surface area contributed by atoms with E-state index in [0.717, 1.165) is 0 Å². The summed E-state index contributed by atoms with van der Waals surface area (Å²) in [6, 6.07) is 0. The smallest absolute Gasteiger partial charge is 0.347 e. The number of aliphatic hydroxyl groups is 1. The molecule has 5 nitrogen and oxygen atoms in total. The summed E-state index contributed by atoms with van der Waals surface area (Å²) in [7, 11) is 0. The number of aliphatic hydroxyl groups excluding tert-OH is 1. The van der Waals surface area contributed by atoms with Gasteiger partial charge in [-0.15, -0.1) is 0 Å². The van der Waals surface area contributed by atoms with E-state index in [9.17, 15) is 9.59 Å². The van der Waals surface area contributed by atoms with Gasteiger partial charge in [-0.1, -0.05) is 25.3 Å². The number of carbonyl (C=O) groups excluding carboxylic acids is 2. The molecule has 0 saturated heterocycles. The molecule has 0 aliphatic carbocycles. The average molecular weight is 200 g/mol. The molecule has 0 aromatic rings. The van der Waals surface area contributed by atoms with Crippen molar-refractivity contribution in [1.29, 1.82) is 0 Å². The Balaban J connectivity index is 3.96. The first-order valence-corrected chi connectivity index (χ1v) is 3.86. The van der Waals surface area contributed by atoms with Gasteiger partial charge in [0.15, 0.2) is 0 Å². The van der Waals surface area contributed by atoms with Crippen LogP contribution in [0.2, 0.25) is 0 Å². The molecule has 0 aliphatic heterocycles. The summed E-state index contributed by atoms with van der Waals surface area (Å²) in [4.78, 5) is 21.7. The summed E-state index contributed by atoms with van der Waals surface area (Å²) in [6.45, 7) is 6.47. The van der Waals surface area contributed by atoms with Crippen molar-refractivity contribution in [3.63, 3.8) is 0 Å². The fraction of sp³-hybridized carbons (Fsp3) is 0.333. The predicted octanol–water partition coefficient (Wildman–Crippen LogP) is -0.194. The van der Waals surface area contributed by atoms with Gasteiger partial charge in [-0.25, -0.2) is 9.59 Å². The van der Waals surface area contributed by atoms with Crippen molar-refractivity contribution in [2.45, 2.75) is 6.10 Å². The van der Waals surface area contributed by atoms with Gasteiger partial charge < -0.3 is 14.6 Å². The van der Waals surface area contributed by atoms with Crippen LogP contribution in [0.3, 0.4) is 0 Å². The first-order valence-electron chi connectivity index (χ1n) is 3.86. The monoisotopic (exact) mass is 200 g/mol. The lowest BCUT2D eigenvalue weighted by Crippen LogP contribution is -2.33. The highest BCUT2D eigenvalue weighted by Crippen LogP contribution is 1.93. The van der Waals surface area contributed by atoms with Gasteiger partial charge in [0.05, 0.1) is 0 Å². The quantitative estimate of drug-likeness (QED) is 0.365. The van der Waals surface area contributed by atoms with Gasteiger partial charge in [-0.3, -0.25) is 0 Å². The Bertz CT molecular complexity index is 209. The van der Waals surface area contributed by atoms with Crippen molar-refractivity contribution in [2.24, 2.45) is 0 Å². The summed E-state index contributed by atoms with van der Waals surface area (Å²) in [5.74, 6) is -2.11. The largest absolute Gasteiger partial charge is 0.459 e. The molecule has 0 aromatic carbocycles. The Labute approximate surface area is 81.6 Å². The van der Waals surface area contributed by atoms with Crippen LogP contribution >= 0.6 is 0 Å². The second-order valence-electron chi connectivity index (χ2n) is 2.24. The van der Waals surface area contributed by atoms with Gasteiger partial charge in [0, 0.05) is 0 Å². The van der Waals surface area contributed by atoms with Gasteiger partial charge >= 0.3 is 11.9 Å². The van der Waals surface area contributed by atoms with Crippen molar-refractivity contribution >= 4 is 11.9 Å². The van der Waals surface area contributed by atoms with Crippen LogP contribution in [0.25, 0.3) is 0 Å². The molecule has 14 heavy (non-hydrogen) atoms. The maximum absolute atomic E-state index is 10.9. The third-order valence-corrected chi connectivity index (χ3v) is 1.13. The maximum Gasteiger partial charge on any atom is 0.347 e. The van der Waals surface area contributed by atoms with E-state index < -0.39 is 18.0 Å². The Kier molecular flexibility index (Phi) is 6.06. The van der Waals surface area contributed by atoms with E-state index in [-0.39, 0.29) is 13.2 Å². The lowest BCUT2D eigenvalue weighted by molar-refractivity contribution is -0.167. The van der Waals surface area contributed by atoms with Crippen LogP contribution in [-0.2, 0) is 19.1 Å². The Morgan fingerprint density at radius 3 is 1.79 bits per heavy atom. The molecular formula is C9H12O5. The molecule has 0 heterocycles. The zero-order chi connectivity index (χ0) is 11.0. The van der Waals surface area contributed by atoms with Crippen molar-refractivity contribution < 1.29 is 24.2 Å². The first kappa shape index (κ1) is 12.4. The van der Waals surface area contributed by atoms with E-state index in [4.69, 9.17) is 5.11 Å². The molecule has 0 bridgehead atoms. The second kappa shape index (κ2) is 6.85. The molecule has 0 aromatic heterocycles. The summed E-state index contributed by atoms with van der Waals surface area (Å²) in [5.41, 5.74) is 0. The fourth-order valence-electron chi connectivity index (χ4n) is 0.536. The highest BCUT2D eigenvalue weighted by molar-refractivity contribution is 5.97. The molecule has 0 amide bonds.